The fourth-order valence-corrected chi connectivity index (χ4v) is 4.06. The van der Waals surface area contributed by atoms with Crippen molar-refractivity contribution in [1.82, 2.24) is 4.72 Å². The lowest BCUT2D eigenvalue weighted by Gasteiger charge is -2.08. The second-order valence-electron chi connectivity index (χ2n) is 3.47. The van der Waals surface area contributed by atoms with Crippen molar-refractivity contribution in [2.45, 2.75) is 17.7 Å². The molecule has 0 aliphatic carbocycles. The summed E-state index contributed by atoms with van der Waals surface area (Å²) in [7, 11) is -3.45. The predicted octanol–water partition coefficient (Wildman–Crippen LogP) is 2.23. The molecule has 7 heteroatoms. The van der Waals surface area contributed by atoms with E-state index in [0.29, 0.717) is 17.6 Å². The monoisotopic (exact) mass is 384 g/mol. The third kappa shape index (κ3) is 4.67. The van der Waals surface area contributed by atoms with Crippen molar-refractivity contribution in [2.24, 2.45) is 5.73 Å². The number of nitrogens with two attached hydrogens (primary N) is 1. The molecule has 0 heterocycles. The highest BCUT2D eigenvalue weighted by Gasteiger charge is 2.16. The Labute approximate surface area is 118 Å². The fourth-order valence-electron chi connectivity index (χ4n) is 1.25. The van der Waals surface area contributed by atoms with E-state index in [-0.39, 0.29) is 4.90 Å². The molecule has 4 nitrogen and oxygen atoms in total. The van der Waals surface area contributed by atoms with Crippen LogP contribution in [0.5, 0.6) is 0 Å². The van der Waals surface area contributed by atoms with Crippen LogP contribution in [0.15, 0.2) is 32.0 Å². The number of halogens is 2. The molecule has 0 spiro atoms. The van der Waals surface area contributed by atoms with E-state index < -0.39 is 10.0 Å². The van der Waals surface area contributed by atoms with Crippen molar-refractivity contribution in [3.8, 4) is 0 Å². The minimum Gasteiger partial charge on any atom is -0.330 e. The van der Waals surface area contributed by atoms with E-state index in [0.717, 1.165) is 17.3 Å². The Morgan fingerprint density at radius 1 is 1.24 bits per heavy atom. The van der Waals surface area contributed by atoms with Gasteiger partial charge in [-0.3, -0.25) is 0 Å². The maximum absolute atomic E-state index is 11.9. The average molecular weight is 386 g/mol. The van der Waals surface area contributed by atoms with Crippen LogP contribution in [0.3, 0.4) is 0 Å². The summed E-state index contributed by atoms with van der Waals surface area (Å²) in [6.07, 6.45) is 1.55. The molecule has 1 aromatic carbocycles. The van der Waals surface area contributed by atoms with Gasteiger partial charge in [0.05, 0.1) is 4.90 Å². The van der Waals surface area contributed by atoms with Gasteiger partial charge >= 0.3 is 0 Å². The van der Waals surface area contributed by atoms with Crippen molar-refractivity contribution in [1.29, 1.82) is 0 Å². The summed E-state index contributed by atoms with van der Waals surface area (Å²) < 4.78 is 27.8. The lowest BCUT2D eigenvalue weighted by atomic mass is 10.3. The minimum atomic E-state index is -3.45. The molecular formula is C10H14Br2N2O2S. The first-order valence-corrected chi connectivity index (χ1v) is 8.19. The van der Waals surface area contributed by atoms with Gasteiger partial charge in [0.15, 0.2) is 0 Å². The van der Waals surface area contributed by atoms with Crippen LogP contribution in [0.4, 0.5) is 0 Å². The molecule has 0 aliphatic rings. The van der Waals surface area contributed by atoms with Crippen molar-refractivity contribution in [2.75, 3.05) is 13.1 Å². The Hall–Kier alpha value is 0.0500. The SMILES string of the molecule is NCCCCNS(=O)(=O)c1ccc(Br)cc1Br. The van der Waals surface area contributed by atoms with Crippen LogP contribution in [-0.4, -0.2) is 21.5 Å². The number of unbranched alkanes of at least 4 members (excludes halogenated alkanes) is 1. The molecule has 0 atom stereocenters. The van der Waals surface area contributed by atoms with Gasteiger partial charge in [0.2, 0.25) is 10.0 Å². The first-order chi connectivity index (χ1) is 7.97. The normalized spacial score (nSPS) is 11.7. The number of benzene rings is 1. The smallest absolute Gasteiger partial charge is 0.241 e. The standard InChI is InChI=1S/C10H14Br2N2O2S/c11-8-3-4-10(9(12)7-8)17(15,16)14-6-2-1-5-13/h3-4,7,14H,1-2,5-6,13H2. The molecule has 0 saturated carbocycles. The topological polar surface area (TPSA) is 72.2 Å². The van der Waals surface area contributed by atoms with Crippen LogP contribution in [-0.2, 0) is 10.0 Å². The summed E-state index contributed by atoms with van der Waals surface area (Å²) in [5.74, 6) is 0. The van der Waals surface area contributed by atoms with E-state index in [1.807, 2.05) is 0 Å². The number of nitrogens with one attached hydrogen (secondary N) is 1. The van der Waals surface area contributed by atoms with Crippen LogP contribution < -0.4 is 10.5 Å². The zero-order chi connectivity index (χ0) is 12.9. The lowest BCUT2D eigenvalue weighted by molar-refractivity contribution is 0.576. The van der Waals surface area contributed by atoms with Gasteiger partial charge in [0.1, 0.15) is 0 Å². The molecule has 0 bridgehead atoms. The number of rotatable bonds is 6. The number of sulfonamides is 1. The van der Waals surface area contributed by atoms with Crippen LogP contribution in [0.1, 0.15) is 12.8 Å². The van der Waals surface area contributed by atoms with Crippen molar-refractivity contribution in [3.05, 3.63) is 27.1 Å². The minimum absolute atomic E-state index is 0.244. The highest BCUT2D eigenvalue weighted by molar-refractivity contribution is 9.11. The van der Waals surface area contributed by atoms with Gasteiger partial charge in [-0.1, -0.05) is 15.9 Å². The predicted molar refractivity (Wildman–Crippen MR) is 75.3 cm³/mol. The average Bonchev–Trinajstić information content (AvgIpc) is 2.24. The van der Waals surface area contributed by atoms with Crippen molar-refractivity contribution >= 4 is 41.9 Å². The maximum atomic E-state index is 11.9. The molecule has 0 fully saturated rings. The van der Waals surface area contributed by atoms with Gasteiger partial charge in [0, 0.05) is 15.5 Å². The molecule has 3 N–H and O–H groups in total. The molecule has 96 valence electrons. The zero-order valence-corrected chi connectivity index (χ0v) is 13.1. The molecular weight excluding hydrogens is 372 g/mol. The molecule has 0 aliphatic heterocycles. The third-order valence-corrected chi connectivity index (χ3v) is 5.04. The Kier molecular flexibility index (Phi) is 6.08. The number of hydrogen-bond acceptors (Lipinski definition) is 3. The second kappa shape index (κ2) is 6.84. The summed E-state index contributed by atoms with van der Waals surface area (Å²) >= 11 is 6.51. The molecule has 1 rings (SSSR count). The Morgan fingerprint density at radius 3 is 2.53 bits per heavy atom. The summed E-state index contributed by atoms with van der Waals surface area (Å²) in [4.78, 5) is 0.244. The lowest BCUT2D eigenvalue weighted by Crippen LogP contribution is -2.25. The van der Waals surface area contributed by atoms with E-state index in [9.17, 15) is 8.42 Å². The van der Waals surface area contributed by atoms with Gasteiger partial charge in [-0.25, -0.2) is 13.1 Å². The summed E-state index contributed by atoms with van der Waals surface area (Å²) in [5.41, 5.74) is 5.34. The largest absolute Gasteiger partial charge is 0.330 e. The van der Waals surface area contributed by atoms with E-state index in [1.54, 1.807) is 18.2 Å². The first-order valence-electron chi connectivity index (χ1n) is 5.12. The van der Waals surface area contributed by atoms with E-state index in [1.165, 1.54) is 0 Å². The highest BCUT2D eigenvalue weighted by atomic mass is 79.9. The Morgan fingerprint density at radius 2 is 1.94 bits per heavy atom. The van der Waals surface area contributed by atoms with E-state index in [4.69, 9.17) is 5.73 Å². The molecule has 0 aromatic heterocycles. The van der Waals surface area contributed by atoms with Crippen molar-refractivity contribution < 1.29 is 8.42 Å². The van der Waals surface area contributed by atoms with Gasteiger partial charge in [-0.15, -0.1) is 0 Å². The van der Waals surface area contributed by atoms with Crippen LogP contribution in [0.25, 0.3) is 0 Å². The molecule has 17 heavy (non-hydrogen) atoms. The zero-order valence-electron chi connectivity index (χ0n) is 9.12. The van der Waals surface area contributed by atoms with Crippen LogP contribution in [0, 0.1) is 0 Å². The summed E-state index contributed by atoms with van der Waals surface area (Å²) in [6.45, 7) is 0.978. The van der Waals surface area contributed by atoms with E-state index >= 15 is 0 Å². The second-order valence-corrected chi connectivity index (χ2v) is 6.97. The first kappa shape index (κ1) is 15.1. The van der Waals surface area contributed by atoms with Crippen LogP contribution in [0.2, 0.25) is 0 Å². The maximum Gasteiger partial charge on any atom is 0.241 e. The third-order valence-electron chi connectivity index (χ3n) is 2.11. The molecule has 0 amide bonds. The summed E-state index contributed by atoms with van der Waals surface area (Å²) in [6, 6.07) is 4.95. The molecule has 1 aromatic rings. The molecule has 0 saturated heterocycles. The Balaban J connectivity index is 2.76. The quantitative estimate of drug-likeness (QED) is 0.737. The number of hydrogen-bond donors (Lipinski definition) is 2. The van der Waals surface area contributed by atoms with Crippen molar-refractivity contribution in [3.63, 3.8) is 0 Å². The Bertz CT molecular complexity index is 477. The van der Waals surface area contributed by atoms with Crippen LogP contribution >= 0.6 is 31.9 Å². The van der Waals surface area contributed by atoms with Gasteiger partial charge in [-0.05, 0) is 53.5 Å². The van der Waals surface area contributed by atoms with Gasteiger partial charge < -0.3 is 5.73 Å². The van der Waals surface area contributed by atoms with E-state index in [2.05, 4.69) is 36.6 Å². The highest BCUT2D eigenvalue weighted by Crippen LogP contribution is 2.25. The van der Waals surface area contributed by atoms with Gasteiger partial charge in [-0.2, -0.15) is 0 Å². The fraction of sp³-hybridized carbons (Fsp3) is 0.400. The summed E-state index contributed by atoms with van der Waals surface area (Å²) in [5, 5.41) is 0. The van der Waals surface area contributed by atoms with Gasteiger partial charge in [0.25, 0.3) is 0 Å². The molecule has 0 radical (unpaired) electrons. The molecule has 0 unspecified atom stereocenters.